The molecule has 0 unspecified atom stereocenters. The van der Waals surface area contributed by atoms with Crippen LogP contribution in [0.5, 0.6) is 0 Å². The first-order valence-electron chi connectivity index (χ1n) is 14.3. The second-order valence-corrected chi connectivity index (χ2v) is 11.9. The summed E-state index contributed by atoms with van der Waals surface area (Å²) >= 11 is 3.63. The van der Waals surface area contributed by atoms with Crippen LogP contribution in [0.3, 0.4) is 0 Å². The first-order valence-corrected chi connectivity index (χ1v) is 16.0. The van der Waals surface area contributed by atoms with Gasteiger partial charge < -0.3 is 4.90 Å². The summed E-state index contributed by atoms with van der Waals surface area (Å²) in [6.45, 7) is 1.70. The van der Waals surface area contributed by atoms with Crippen molar-refractivity contribution in [3.63, 3.8) is 0 Å². The third-order valence-corrected chi connectivity index (χ3v) is 9.09. The van der Waals surface area contributed by atoms with Crippen molar-refractivity contribution in [1.29, 1.82) is 0 Å². The number of para-hydroxylation sites is 4. The highest BCUT2D eigenvalue weighted by atomic mass is 32.2. The molecule has 43 heavy (non-hydrogen) atoms. The SMILES string of the molecule is C(=Cc1sc2ccccc2[n+]1CCC=NNc1ccccc1)C=C1Sc2ccccc2N1CCC=NNc1ccccc1. The number of allylic oxidation sites excluding steroid dienone is 2. The van der Waals surface area contributed by atoms with Crippen LogP contribution in [0.2, 0.25) is 0 Å². The summed E-state index contributed by atoms with van der Waals surface area (Å²) in [7, 11) is 0. The van der Waals surface area contributed by atoms with Crippen LogP contribution < -0.4 is 20.3 Å². The smallest absolute Gasteiger partial charge is 0.262 e. The lowest BCUT2D eigenvalue weighted by Gasteiger charge is -2.19. The maximum atomic E-state index is 4.41. The molecular formula is C35H33N6S2+. The molecule has 0 bridgehead atoms. The summed E-state index contributed by atoms with van der Waals surface area (Å²) in [6.07, 6.45) is 12.2. The molecule has 2 heterocycles. The van der Waals surface area contributed by atoms with E-state index < -0.39 is 0 Å². The van der Waals surface area contributed by atoms with Gasteiger partial charge in [0.05, 0.1) is 22.1 Å². The van der Waals surface area contributed by atoms with Gasteiger partial charge in [-0.3, -0.25) is 10.9 Å². The van der Waals surface area contributed by atoms with Gasteiger partial charge in [-0.2, -0.15) is 14.8 Å². The molecule has 0 radical (unpaired) electrons. The average molecular weight is 602 g/mol. The molecule has 1 aromatic heterocycles. The number of nitrogens with zero attached hydrogens (tertiary/aromatic N) is 4. The number of anilines is 3. The third kappa shape index (κ3) is 7.41. The standard InChI is InChI=1S/C35H33N6S2/c1-3-14-28(15-4-1)38-36-24-12-26-40-30-18-7-9-20-32(30)42-34(40)22-11-23-35-41(31-19-8-10-21-33(31)43-35)27-13-25-37-39-29-16-5-2-6-17-29/h1-11,14-25,38-39H,12-13,26-27H2/q+1. The lowest BCUT2D eigenvalue weighted by Crippen LogP contribution is -2.35. The number of nitrogens with one attached hydrogen (secondary N) is 2. The number of hydrazone groups is 2. The molecule has 4 aromatic carbocycles. The number of hydrogen-bond donors (Lipinski definition) is 2. The summed E-state index contributed by atoms with van der Waals surface area (Å²) in [5.41, 5.74) is 10.7. The number of thioether (sulfide) groups is 1. The van der Waals surface area contributed by atoms with Crippen molar-refractivity contribution >= 4 is 68.9 Å². The van der Waals surface area contributed by atoms with Crippen LogP contribution in [-0.4, -0.2) is 19.0 Å². The summed E-state index contributed by atoms with van der Waals surface area (Å²) in [5.74, 6) is 0. The predicted molar refractivity (Wildman–Crippen MR) is 185 cm³/mol. The molecule has 214 valence electrons. The predicted octanol–water partition coefficient (Wildman–Crippen LogP) is 8.63. The molecule has 0 amide bonds. The molecule has 5 aromatic rings. The third-order valence-electron chi connectivity index (χ3n) is 6.83. The van der Waals surface area contributed by atoms with Gasteiger partial charge in [-0.25, -0.2) is 0 Å². The van der Waals surface area contributed by atoms with E-state index in [0.29, 0.717) is 0 Å². The molecule has 0 spiro atoms. The zero-order valence-electron chi connectivity index (χ0n) is 23.7. The van der Waals surface area contributed by atoms with Gasteiger partial charge in [-0.1, -0.05) is 89.8 Å². The van der Waals surface area contributed by atoms with Crippen molar-refractivity contribution in [2.24, 2.45) is 10.2 Å². The van der Waals surface area contributed by atoms with E-state index in [4.69, 9.17) is 0 Å². The van der Waals surface area contributed by atoms with Crippen molar-refractivity contribution < 1.29 is 4.57 Å². The number of fused-ring (bicyclic) bond motifs is 2. The molecule has 1 aliphatic heterocycles. The van der Waals surface area contributed by atoms with Gasteiger partial charge >= 0.3 is 0 Å². The molecular weight excluding hydrogens is 569 g/mol. The fraction of sp³-hybridized carbons (Fsp3) is 0.114. The van der Waals surface area contributed by atoms with Crippen molar-refractivity contribution in [2.45, 2.75) is 24.3 Å². The Hall–Kier alpha value is -4.66. The highest BCUT2D eigenvalue weighted by molar-refractivity contribution is 8.03. The normalized spacial score (nSPS) is 14.0. The molecule has 0 saturated heterocycles. The van der Waals surface area contributed by atoms with Crippen LogP contribution in [0.4, 0.5) is 17.1 Å². The van der Waals surface area contributed by atoms with E-state index in [1.165, 1.54) is 30.8 Å². The van der Waals surface area contributed by atoms with Crippen molar-refractivity contribution in [2.75, 3.05) is 22.3 Å². The topological polar surface area (TPSA) is 55.9 Å². The van der Waals surface area contributed by atoms with Crippen LogP contribution >= 0.6 is 23.1 Å². The van der Waals surface area contributed by atoms with Gasteiger partial charge in [-0.05, 0) is 48.5 Å². The van der Waals surface area contributed by atoms with E-state index >= 15 is 0 Å². The maximum absolute atomic E-state index is 4.41. The number of benzene rings is 4. The van der Waals surface area contributed by atoms with E-state index in [2.05, 4.69) is 97.3 Å². The Kier molecular flexibility index (Phi) is 9.59. The van der Waals surface area contributed by atoms with Crippen LogP contribution in [0, 0.1) is 0 Å². The maximum Gasteiger partial charge on any atom is 0.262 e. The first-order chi connectivity index (χ1) is 21.3. The second-order valence-electron chi connectivity index (χ2n) is 9.80. The van der Waals surface area contributed by atoms with Gasteiger partial charge in [0.2, 0.25) is 5.52 Å². The van der Waals surface area contributed by atoms with Crippen molar-refractivity contribution in [3.05, 3.63) is 131 Å². The molecule has 0 saturated carbocycles. The number of hydrogen-bond acceptors (Lipinski definition) is 7. The van der Waals surface area contributed by atoms with Crippen LogP contribution in [0.1, 0.15) is 17.8 Å². The molecule has 0 atom stereocenters. The lowest BCUT2D eigenvalue weighted by molar-refractivity contribution is -0.667. The highest BCUT2D eigenvalue weighted by Gasteiger charge is 2.24. The van der Waals surface area contributed by atoms with Gasteiger partial charge in [0.1, 0.15) is 4.70 Å². The van der Waals surface area contributed by atoms with E-state index in [0.717, 1.165) is 37.3 Å². The Bertz CT molecular complexity index is 1760. The number of thiazole rings is 1. The number of aryl methyl sites for hydroxylation is 1. The van der Waals surface area contributed by atoms with Crippen LogP contribution in [0.25, 0.3) is 16.3 Å². The summed E-state index contributed by atoms with van der Waals surface area (Å²) in [5, 5.41) is 11.3. The zero-order chi connectivity index (χ0) is 29.1. The lowest BCUT2D eigenvalue weighted by atomic mass is 10.2. The Morgan fingerprint density at radius 3 is 2.14 bits per heavy atom. The van der Waals surface area contributed by atoms with Gasteiger partial charge in [0, 0.05) is 48.9 Å². The monoisotopic (exact) mass is 601 g/mol. The number of rotatable bonds is 12. The Morgan fingerprint density at radius 2 is 1.37 bits per heavy atom. The molecule has 0 aliphatic carbocycles. The number of aromatic nitrogens is 1. The van der Waals surface area contributed by atoms with E-state index in [1.54, 1.807) is 0 Å². The Labute approximate surface area is 260 Å². The second kappa shape index (κ2) is 14.5. The summed E-state index contributed by atoms with van der Waals surface area (Å²) < 4.78 is 3.66. The van der Waals surface area contributed by atoms with Gasteiger partial charge in [0.25, 0.3) is 5.01 Å². The molecule has 2 N–H and O–H groups in total. The molecule has 1 aliphatic rings. The Balaban J connectivity index is 1.14. The molecule has 0 fully saturated rings. The van der Waals surface area contributed by atoms with Crippen LogP contribution in [0.15, 0.2) is 141 Å². The zero-order valence-corrected chi connectivity index (χ0v) is 25.3. The molecule has 6 nitrogen and oxygen atoms in total. The first kappa shape index (κ1) is 28.5. The Morgan fingerprint density at radius 1 is 0.721 bits per heavy atom. The largest absolute Gasteiger partial charge is 0.335 e. The van der Waals surface area contributed by atoms with E-state index in [9.17, 15) is 0 Å². The van der Waals surface area contributed by atoms with Crippen molar-refractivity contribution in [3.8, 4) is 0 Å². The minimum Gasteiger partial charge on any atom is -0.335 e. The summed E-state index contributed by atoms with van der Waals surface area (Å²) in [4.78, 5) is 3.66. The van der Waals surface area contributed by atoms with Crippen molar-refractivity contribution in [1.82, 2.24) is 0 Å². The van der Waals surface area contributed by atoms with Crippen LogP contribution in [-0.2, 0) is 6.54 Å². The fourth-order valence-electron chi connectivity index (χ4n) is 4.80. The summed E-state index contributed by atoms with van der Waals surface area (Å²) in [6, 6.07) is 37.2. The van der Waals surface area contributed by atoms with E-state index in [1.807, 2.05) is 96.2 Å². The van der Waals surface area contributed by atoms with Gasteiger partial charge in [-0.15, -0.1) is 0 Å². The molecule has 6 rings (SSSR count). The quantitative estimate of drug-likeness (QED) is 0.0854. The minimum absolute atomic E-state index is 0.826. The fourth-order valence-corrected chi connectivity index (χ4v) is 7.00. The van der Waals surface area contributed by atoms with E-state index in [-0.39, 0.29) is 0 Å². The average Bonchev–Trinajstić information content (AvgIpc) is 3.59. The highest BCUT2D eigenvalue weighted by Crippen LogP contribution is 2.45. The minimum atomic E-state index is 0.826. The van der Waals surface area contributed by atoms with Gasteiger partial charge in [0.15, 0.2) is 6.54 Å². The molecule has 8 heteroatoms.